The normalized spacial score (nSPS) is 10.2. The number of aromatic hydroxyl groups is 1. The van der Waals surface area contributed by atoms with E-state index in [9.17, 15) is 5.11 Å². The van der Waals surface area contributed by atoms with E-state index in [1.54, 1.807) is 13.2 Å². The topological polar surface area (TPSA) is 33.3 Å². The molecule has 0 fully saturated rings. The first-order chi connectivity index (χ1) is 8.69. The van der Waals surface area contributed by atoms with Gasteiger partial charge in [-0.05, 0) is 17.7 Å². The van der Waals surface area contributed by atoms with E-state index in [4.69, 9.17) is 4.74 Å². The van der Waals surface area contributed by atoms with Crippen LogP contribution in [0, 0.1) is 0 Å². The molecule has 0 saturated heterocycles. The zero-order valence-corrected chi connectivity index (χ0v) is 13.0. The molecule has 0 spiro atoms. The van der Waals surface area contributed by atoms with Crippen molar-refractivity contribution in [3.63, 3.8) is 0 Å². The van der Waals surface area contributed by atoms with Crippen LogP contribution in [0.2, 0.25) is 0 Å². The Bertz CT molecular complexity index is 565. The summed E-state index contributed by atoms with van der Waals surface area (Å²) in [6.07, 6.45) is 7.80. The van der Waals surface area contributed by atoms with Gasteiger partial charge in [0, 0.05) is 23.8 Å². The van der Waals surface area contributed by atoms with Gasteiger partial charge in [0.25, 0.3) is 0 Å². The molecule has 19 heavy (non-hydrogen) atoms. The number of phenols is 1. The predicted octanol–water partition coefficient (Wildman–Crippen LogP) is -0.600. The third-order valence-corrected chi connectivity index (χ3v) is 2.70. The zero-order valence-electron chi connectivity index (χ0n) is 10.9. The van der Waals surface area contributed by atoms with Crippen LogP contribution >= 0.6 is 0 Å². The van der Waals surface area contributed by atoms with E-state index in [0.717, 1.165) is 11.1 Å². The first-order valence-corrected chi connectivity index (χ1v) is 5.69. The molecule has 0 atom stereocenters. The van der Waals surface area contributed by atoms with Gasteiger partial charge in [0.05, 0.1) is 7.11 Å². The average molecular weight is 369 g/mol. The van der Waals surface area contributed by atoms with Crippen molar-refractivity contribution in [3.05, 3.63) is 53.9 Å². The van der Waals surface area contributed by atoms with Gasteiger partial charge in [0.15, 0.2) is 12.4 Å². The first-order valence-electron chi connectivity index (χ1n) is 5.69. The van der Waals surface area contributed by atoms with Crippen LogP contribution in [-0.4, -0.2) is 12.2 Å². The summed E-state index contributed by atoms with van der Waals surface area (Å²) in [5.74, 6) is 0.864. The minimum absolute atomic E-state index is 0. The van der Waals surface area contributed by atoms with Crippen molar-refractivity contribution in [2.24, 2.45) is 7.05 Å². The van der Waals surface area contributed by atoms with E-state index in [2.05, 4.69) is 0 Å². The maximum Gasteiger partial charge on any atom is 0.169 e. The van der Waals surface area contributed by atoms with Crippen molar-refractivity contribution < 1.29 is 38.4 Å². The summed E-state index contributed by atoms with van der Waals surface area (Å²) in [7, 11) is 3.55. The van der Waals surface area contributed by atoms with E-state index in [1.165, 1.54) is 0 Å². The molecule has 0 bridgehead atoms. The Morgan fingerprint density at radius 1 is 1.11 bits per heavy atom. The van der Waals surface area contributed by atoms with E-state index < -0.39 is 0 Å². The van der Waals surface area contributed by atoms with Gasteiger partial charge >= 0.3 is 0 Å². The third-order valence-electron chi connectivity index (χ3n) is 2.70. The Labute approximate surface area is 130 Å². The number of benzene rings is 1. The second-order valence-electron chi connectivity index (χ2n) is 4.06. The number of phenolic OH excluding ortho intramolecular Hbond substituents is 1. The highest BCUT2D eigenvalue weighted by Gasteiger charge is 1.99. The second-order valence-corrected chi connectivity index (χ2v) is 4.06. The van der Waals surface area contributed by atoms with Crippen molar-refractivity contribution in [3.8, 4) is 11.5 Å². The maximum atomic E-state index is 9.81. The zero-order chi connectivity index (χ0) is 13.0. The van der Waals surface area contributed by atoms with E-state index in [-0.39, 0.29) is 29.7 Å². The molecule has 2 rings (SSSR count). The molecule has 0 radical (unpaired) electrons. The number of halogens is 1. The number of rotatable bonds is 3. The molecule has 0 aliphatic rings. The summed E-state index contributed by atoms with van der Waals surface area (Å²) in [4.78, 5) is 0. The monoisotopic (exact) mass is 369 g/mol. The maximum absolute atomic E-state index is 9.81. The number of nitrogens with zero attached hydrogens (tertiary/aromatic N) is 1. The number of methoxy groups -OCH3 is 1. The highest BCUT2D eigenvalue weighted by Crippen LogP contribution is 2.24. The molecule has 0 aliphatic heterocycles. The minimum atomic E-state index is 0. The van der Waals surface area contributed by atoms with Crippen molar-refractivity contribution in [1.82, 2.24) is 0 Å². The Balaban J connectivity index is 0.00000180. The quantitative estimate of drug-likeness (QED) is 0.579. The van der Waals surface area contributed by atoms with Crippen molar-refractivity contribution in [1.29, 1.82) is 0 Å². The van der Waals surface area contributed by atoms with Crippen LogP contribution < -0.4 is 33.3 Å². The number of aryl methyl sites for hydroxylation is 1. The number of hydrogen-bond acceptors (Lipinski definition) is 2. The number of hydrogen-bond donors (Lipinski definition) is 1. The van der Waals surface area contributed by atoms with Gasteiger partial charge in [-0.1, -0.05) is 12.2 Å². The Morgan fingerprint density at radius 2 is 1.79 bits per heavy atom. The molecule has 1 aromatic heterocycles. The van der Waals surface area contributed by atoms with Crippen molar-refractivity contribution in [2.45, 2.75) is 0 Å². The van der Waals surface area contributed by atoms with Crippen LogP contribution in [0.25, 0.3) is 12.2 Å². The minimum Gasteiger partial charge on any atom is -1.00 e. The van der Waals surface area contributed by atoms with Gasteiger partial charge in [0.2, 0.25) is 0 Å². The largest absolute Gasteiger partial charge is 1.00 e. The van der Waals surface area contributed by atoms with Gasteiger partial charge in [0.1, 0.15) is 18.5 Å². The fraction of sp³-hybridized carbons (Fsp3) is 0.133. The fourth-order valence-electron chi connectivity index (χ4n) is 1.60. The number of pyridine rings is 1. The summed E-state index contributed by atoms with van der Waals surface area (Å²) in [5, 5.41) is 9.81. The smallest absolute Gasteiger partial charge is 0.169 e. The highest BCUT2D eigenvalue weighted by molar-refractivity contribution is 5.72. The van der Waals surface area contributed by atoms with Crippen LogP contribution in [0.5, 0.6) is 11.5 Å². The Kier molecular flexibility index (Phi) is 5.82. The lowest BCUT2D eigenvalue weighted by atomic mass is 10.1. The predicted molar refractivity (Wildman–Crippen MR) is 71.2 cm³/mol. The van der Waals surface area contributed by atoms with Crippen molar-refractivity contribution in [2.75, 3.05) is 7.11 Å². The summed E-state index contributed by atoms with van der Waals surface area (Å²) >= 11 is 0. The summed E-state index contributed by atoms with van der Waals surface area (Å²) in [6.45, 7) is 0. The molecule has 100 valence electrons. The Morgan fingerprint density at radius 3 is 2.37 bits per heavy atom. The molecule has 0 amide bonds. The average Bonchev–Trinajstić information content (AvgIpc) is 2.39. The van der Waals surface area contributed by atoms with Gasteiger partial charge < -0.3 is 33.8 Å². The molecular formula is C15H16INO2. The fourth-order valence-corrected chi connectivity index (χ4v) is 1.60. The summed E-state index contributed by atoms with van der Waals surface area (Å²) in [6, 6.07) is 9.27. The molecule has 3 nitrogen and oxygen atoms in total. The van der Waals surface area contributed by atoms with Gasteiger partial charge in [-0.3, -0.25) is 0 Å². The molecule has 1 heterocycles. The third kappa shape index (κ3) is 4.24. The van der Waals surface area contributed by atoms with E-state index in [1.807, 2.05) is 60.4 Å². The molecule has 1 aromatic carbocycles. The molecule has 1 N–H and O–H groups in total. The van der Waals surface area contributed by atoms with Crippen LogP contribution in [0.3, 0.4) is 0 Å². The molecular weight excluding hydrogens is 353 g/mol. The van der Waals surface area contributed by atoms with Crippen LogP contribution in [0.15, 0.2) is 42.7 Å². The van der Waals surface area contributed by atoms with E-state index in [0.29, 0.717) is 5.75 Å². The Hall–Kier alpha value is -1.56. The second kappa shape index (κ2) is 7.13. The molecule has 0 saturated carbocycles. The molecule has 2 aromatic rings. The van der Waals surface area contributed by atoms with Gasteiger partial charge in [-0.2, -0.15) is 0 Å². The highest BCUT2D eigenvalue weighted by atomic mass is 127. The van der Waals surface area contributed by atoms with Crippen LogP contribution in [0.1, 0.15) is 11.1 Å². The summed E-state index contributed by atoms with van der Waals surface area (Å²) < 4.78 is 7.01. The standard InChI is InChI=1S/C15H15NO2.HI/c1-16-9-7-12(8-10-16)3-4-13-5-6-14(18-2)11-15(13)17;/h3-11H,1-2H3;1H. The lowest BCUT2D eigenvalue weighted by Crippen LogP contribution is -3.00. The lowest BCUT2D eigenvalue weighted by molar-refractivity contribution is -0.671. The lowest BCUT2D eigenvalue weighted by Gasteiger charge is -2.02. The molecule has 0 aliphatic carbocycles. The van der Waals surface area contributed by atoms with E-state index >= 15 is 0 Å². The number of ether oxygens (including phenoxy) is 1. The van der Waals surface area contributed by atoms with Gasteiger partial charge in [-0.15, -0.1) is 0 Å². The number of aromatic nitrogens is 1. The van der Waals surface area contributed by atoms with Crippen LogP contribution in [-0.2, 0) is 7.05 Å². The molecule has 0 unspecified atom stereocenters. The summed E-state index contributed by atoms with van der Waals surface area (Å²) in [5.41, 5.74) is 1.85. The van der Waals surface area contributed by atoms with Crippen molar-refractivity contribution >= 4 is 12.2 Å². The van der Waals surface area contributed by atoms with Crippen LogP contribution in [0.4, 0.5) is 0 Å². The first kappa shape index (κ1) is 15.5. The SMILES string of the molecule is COc1ccc(/C=C/c2cc[n+](C)cc2)c(O)c1.[I-]. The van der Waals surface area contributed by atoms with Gasteiger partial charge in [-0.25, -0.2) is 4.57 Å². The molecule has 4 heteroatoms.